The monoisotopic (exact) mass is 380 g/mol. The standard InChI is InChI=1S/C11H10Br2O5/c1-17-9(14)2-3-18-10-7(12)4-6(11(15)16)5-8(10)13/h4-5H,2-3H2,1H3,(H,15,16). The number of benzene rings is 1. The molecular weight excluding hydrogens is 372 g/mol. The zero-order chi connectivity index (χ0) is 13.7. The van der Waals surface area contributed by atoms with Gasteiger partial charge in [-0.2, -0.15) is 0 Å². The second kappa shape index (κ2) is 6.75. The highest BCUT2D eigenvalue weighted by atomic mass is 79.9. The molecule has 1 aromatic rings. The largest absolute Gasteiger partial charge is 0.491 e. The lowest BCUT2D eigenvalue weighted by Gasteiger charge is -2.10. The smallest absolute Gasteiger partial charge is 0.335 e. The van der Waals surface area contributed by atoms with Crippen LogP contribution in [-0.2, 0) is 9.53 Å². The van der Waals surface area contributed by atoms with E-state index in [1.165, 1.54) is 19.2 Å². The molecule has 0 bridgehead atoms. The molecule has 0 unspecified atom stereocenters. The molecular formula is C11H10Br2O5. The molecule has 7 heteroatoms. The van der Waals surface area contributed by atoms with E-state index >= 15 is 0 Å². The number of carboxylic acids is 1. The molecule has 0 aliphatic heterocycles. The maximum Gasteiger partial charge on any atom is 0.335 e. The summed E-state index contributed by atoms with van der Waals surface area (Å²) in [6.45, 7) is 0.149. The fourth-order valence-electron chi connectivity index (χ4n) is 1.16. The van der Waals surface area contributed by atoms with Crippen molar-refractivity contribution in [1.29, 1.82) is 0 Å². The van der Waals surface area contributed by atoms with Crippen molar-refractivity contribution in [3.05, 3.63) is 26.6 Å². The van der Waals surface area contributed by atoms with E-state index in [1.54, 1.807) is 0 Å². The molecule has 5 nitrogen and oxygen atoms in total. The van der Waals surface area contributed by atoms with Crippen molar-refractivity contribution < 1.29 is 24.2 Å². The Bertz CT molecular complexity index is 449. The van der Waals surface area contributed by atoms with E-state index in [9.17, 15) is 9.59 Å². The Morgan fingerprint density at radius 2 is 1.83 bits per heavy atom. The van der Waals surface area contributed by atoms with Gasteiger partial charge in [0.2, 0.25) is 0 Å². The normalized spacial score (nSPS) is 9.94. The molecule has 0 saturated carbocycles. The molecule has 18 heavy (non-hydrogen) atoms. The van der Waals surface area contributed by atoms with E-state index in [0.29, 0.717) is 14.7 Å². The Balaban J connectivity index is 2.78. The number of esters is 1. The molecule has 98 valence electrons. The molecule has 0 spiro atoms. The highest BCUT2D eigenvalue weighted by Crippen LogP contribution is 2.34. The zero-order valence-electron chi connectivity index (χ0n) is 9.41. The summed E-state index contributed by atoms with van der Waals surface area (Å²) >= 11 is 6.43. The minimum Gasteiger partial charge on any atom is -0.491 e. The van der Waals surface area contributed by atoms with Gasteiger partial charge in [0.25, 0.3) is 0 Å². The molecule has 1 N–H and O–H groups in total. The summed E-state index contributed by atoms with van der Waals surface area (Å²) in [7, 11) is 1.30. The molecule has 0 saturated heterocycles. The molecule has 0 aliphatic carbocycles. The lowest BCUT2D eigenvalue weighted by molar-refractivity contribution is -0.141. The Kier molecular flexibility index (Phi) is 5.61. The summed E-state index contributed by atoms with van der Waals surface area (Å²) in [6, 6.07) is 2.86. The van der Waals surface area contributed by atoms with E-state index in [-0.39, 0.29) is 24.6 Å². The van der Waals surface area contributed by atoms with Gasteiger partial charge in [-0.25, -0.2) is 4.79 Å². The number of hydrogen-bond acceptors (Lipinski definition) is 4. The highest BCUT2D eigenvalue weighted by molar-refractivity contribution is 9.11. The number of methoxy groups -OCH3 is 1. The maximum atomic E-state index is 10.9. The molecule has 0 aliphatic rings. The topological polar surface area (TPSA) is 72.8 Å². The first-order chi connectivity index (χ1) is 8.45. The van der Waals surface area contributed by atoms with Crippen molar-refractivity contribution in [2.24, 2.45) is 0 Å². The van der Waals surface area contributed by atoms with E-state index in [2.05, 4.69) is 36.6 Å². The molecule has 0 radical (unpaired) electrons. The van der Waals surface area contributed by atoms with Crippen LogP contribution in [0.4, 0.5) is 0 Å². The molecule has 0 heterocycles. The predicted octanol–water partition coefficient (Wildman–Crippen LogP) is 2.85. The molecule has 1 rings (SSSR count). The SMILES string of the molecule is COC(=O)CCOc1c(Br)cc(C(=O)O)cc1Br. The number of carbonyl (C=O) groups excluding carboxylic acids is 1. The van der Waals surface area contributed by atoms with Crippen LogP contribution < -0.4 is 4.74 Å². The van der Waals surface area contributed by atoms with Crippen molar-refractivity contribution in [3.63, 3.8) is 0 Å². The Morgan fingerprint density at radius 1 is 1.28 bits per heavy atom. The molecule has 0 amide bonds. The van der Waals surface area contributed by atoms with E-state index in [4.69, 9.17) is 9.84 Å². The van der Waals surface area contributed by atoms with E-state index in [1.807, 2.05) is 0 Å². The van der Waals surface area contributed by atoms with Crippen LogP contribution in [-0.4, -0.2) is 30.8 Å². The number of aromatic carboxylic acids is 1. The van der Waals surface area contributed by atoms with Gasteiger partial charge in [-0.15, -0.1) is 0 Å². The number of ether oxygens (including phenoxy) is 2. The Hall–Kier alpha value is -1.08. The molecule has 0 atom stereocenters. The first-order valence-electron chi connectivity index (χ1n) is 4.87. The summed E-state index contributed by atoms with van der Waals surface area (Å²) in [6.07, 6.45) is 0.121. The van der Waals surface area contributed by atoms with Crippen LogP contribution >= 0.6 is 31.9 Å². The van der Waals surface area contributed by atoms with Gasteiger partial charge in [0.15, 0.2) is 0 Å². The fourth-order valence-corrected chi connectivity index (χ4v) is 2.58. The summed E-state index contributed by atoms with van der Waals surface area (Å²) < 4.78 is 10.9. The van der Waals surface area contributed by atoms with Crippen LogP contribution in [0.15, 0.2) is 21.1 Å². The van der Waals surface area contributed by atoms with Crippen LogP contribution in [0.25, 0.3) is 0 Å². The van der Waals surface area contributed by atoms with E-state index < -0.39 is 5.97 Å². The predicted molar refractivity (Wildman–Crippen MR) is 70.9 cm³/mol. The molecule has 0 aromatic heterocycles. The lowest BCUT2D eigenvalue weighted by Crippen LogP contribution is -2.08. The van der Waals surface area contributed by atoms with Crippen LogP contribution in [0.3, 0.4) is 0 Å². The van der Waals surface area contributed by atoms with Gasteiger partial charge in [-0.05, 0) is 44.0 Å². The first-order valence-corrected chi connectivity index (χ1v) is 6.46. The van der Waals surface area contributed by atoms with Crippen molar-refractivity contribution in [3.8, 4) is 5.75 Å². The second-order valence-corrected chi connectivity index (χ2v) is 4.96. The third-order valence-electron chi connectivity index (χ3n) is 2.03. The number of halogens is 2. The van der Waals surface area contributed by atoms with Gasteiger partial charge < -0.3 is 14.6 Å². The average Bonchev–Trinajstić information content (AvgIpc) is 2.31. The third kappa shape index (κ3) is 3.99. The minimum atomic E-state index is -1.03. The Morgan fingerprint density at radius 3 is 2.28 bits per heavy atom. The van der Waals surface area contributed by atoms with Crippen molar-refractivity contribution in [1.82, 2.24) is 0 Å². The number of carboxylic acid groups (broad SMARTS) is 1. The summed E-state index contributed by atoms with van der Waals surface area (Å²) in [4.78, 5) is 21.7. The van der Waals surface area contributed by atoms with Gasteiger partial charge in [0, 0.05) is 0 Å². The molecule has 1 aromatic carbocycles. The van der Waals surface area contributed by atoms with Crippen LogP contribution in [0.1, 0.15) is 16.8 Å². The van der Waals surface area contributed by atoms with Crippen molar-refractivity contribution in [2.45, 2.75) is 6.42 Å². The van der Waals surface area contributed by atoms with Crippen molar-refractivity contribution >= 4 is 43.8 Å². The lowest BCUT2D eigenvalue weighted by atomic mass is 10.2. The van der Waals surface area contributed by atoms with Crippen LogP contribution in [0.2, 0.25) is 0 Å². The Labute approximate surface area is 120 Å². The number of carbonyl (C=O) groups is 2. The van der Waals surface area contributed by atoms with Gasteiger partial charge >= 0.3 is 11.9 Å². The van der Waals surface area contributed by atoms with Gasteiger partial charge in [-0.3, -0.25) is 4.79 Å². The highest BCUT2D eigenvalue weighted by Gasteiger charge is 2.13. The van der Waals surface area contributed by atoms with Crippen LogP contribution in [0, 0.1) is 0 Å². The average molecular weight is 382 g/mol. The summed E-state index contributed by atoms with van der Waals surface area (Å²) in [5.41, 5.74) is 0.133. The van der Waals surface area contributed by atoms with Crippen molar-refractivity contribution in [2.75, 3.05) is 13.7 Å². The molecule has 0 fully saturated rings. The zero-order valence-corrected chi connectivity index (χ0v) is 12.6. The third-order valence-corrected chi connectivity index (χ3v) is 3.20. The van der Waals surface area contributed by atoms with Gasteiger partial charge in [0.1, 0.15) is 5.75 Å². The summed E-state index contributed by atoms with van der Waals surface area (Å²) in [5, 5.41) is 8.86. The fraction of sp³-hybridized carbons (Fsp3) is 0.273. The summed E-state index contributed by atoms with van der Waals surface area (Å²) in [5.74, 6) is -0.953. The van der Waals surface area contributed by atoms with Crippen LogP contribution in [0.5, 0.6) is 5.75 Å². The quantitative estimate of drug-likeness (QED) is 0.794. The van der Waals surface area contributed by atoms with Gasteiger partial charge in [-0.1, -0.05) is 0 Å². The minimum absolute atomic E-state index is 0.121. The number of hydrogen-bond donors (Lipinski definition) is 1. The van der Waals surface area contributed by atoms with E-state index in [0.717, 1.165) is 0 Å². The first kappa shape index (κ1) is 15.0. The maximum absolute atomic E-state index is 10.9. The second-order valence-electron chi connectivity index (χ2n) is 3.25. The van der Waals surface area contributed by atoms with Gasteiger partial charge in [0.05, 0.1) is 34.6 Å². The number of rotatable bonds is 5.